The van der Waals surface area contributed by atoms with Gasteiger partial charge in [0.1, 0.15) is 5.69 Å². The van der Waals surface area contributed by atoms with Gasteiger partial charge in [0.15, 0.2) is 0 Å². The van der Waals surface area contributed by atoms with Gasteiger partial charge in [0.25, 0.3) is 5.91 Å². The van der Waals surface area contributed by atoms with E-state index in [4.69, 9.17) is 11.6 Å². The molecule has 2 aliphatic heterocycles. The number of likely N-dealkylation sites (N-methyl/N-ethyl adjacent to an activating group) is 1. The molecule has 1 amide bonds. The molecule has 0 N–H and O–H groups in total. The zero-order valence-electron chi connectivity index (χ0n) is 12.9. The fourth-order valence-electron chi connectivity index (χ4n) is 4.01. The van der Waals surface area contributed by atoms with E-state index < -0.39 is 0 Å². The average molecular weight is 310 g/mol. The SMILES string of the molecule is CCN1CCC[C@@H]1[C@H]1CCCN1C(=O)c1cc(Cl)cn1C. The first-order valence-electron chi connectivity index (χ1n) is 7.98. The molecule has 0 bridgehead atoms. The van der Waals surface area contributed by atoms with E-state index in [0.717, 1.165) is 25.9 Å². The van der Waals surface area contributed by atoms with Crippen molar-refractivity contribution in [2.24, 2.45) is 7.05 Å². The third-order valence-corrected chi connectivity index (χ3v) is 5.22. The van der Waals surface area contributed by atoms with Gasteiger partial charge in [0.2, 0.25) is 0 Å². The highest BCUT2D eigenvalue weighted by atomic mass is 35.5. The summed E-state index contributed by atoms with van der Waals surface area (Å²) in [6.07, 6.45) is 6.52. The molecule has 4 nitrogen and oxygen atoms in total. The first-order chi connectivity index (χ1) is 10.1. The second-order valence-corrected chi connectivity index (χ2v) is 6.64. The van der Waals surface area contributed by atoms with Crippen molar-refractivity contribution in [3.63, 3.8) is 0 Å². The Labute approximate surface area is 131 Å². The van der Waals surface area contributed by atoms with Gasteiger partial charge < -0.3 is 9.47 Å². The number of amides is 1. The highest BCUT2D eigenvalue weighted by molar-refractivity contribution is 6.31. The van der Waals surface area contributed by atoms with Crippen molar-refractivity contribution < 1.29 is 4.79 Å². The smallest absolute Gasteiger partial charge is 0.270 e. The molecule has 0 aromatic carbocycles. The molecule has 2 atom stereocenters. The molecule has 0 unspecified atom stereocenters. The van der Waals surface area contributed by atoms with Crippen molar-refractivity contribution in [3.05, 3.63) is 23.0 Å². The van der Waals surface area contributed by atoms with E-state index in [1.54, 1.807) is 12.3 Å². The fourth-order valence-corrected chi connectivity index (χ4v) is 4.26. The molecule has 5 heteroatoms. The lowest BCUT2D eigenvalue weighted by Crippen LogP contribution is -2.48. The van der Waals surface area contributed by atoms with E-state index in [2.05, 4.69) is 16.7 Å². The summed E-state index contributed by atoms with van der Waals surface area (Å²) in [6, 6.07) is 2.69. The van der Waals surface area contributed by atoms with Crippen molar-refractivity contribution in [1.29, 1.82) is 0 Å². The molecular formula is C16H24ClN3O. The number of hydrogen-bond acceptors (Lipinski definition) is 2. The first kappa shape index (κ1) is 14.9. The molecule has 0 aliphatic carbocycles. The van der Waals surface area contributed by atoms with Gasteiger partial charge in [-0.05, 0) is 44.8 Å². The fraction of sp³-hybridized carbons (Fsp3) is 0.688. The van der Waals surface area contributed by atoms with Gasteiger partial charge in [-0.25, -0.2) is 0 Å². The Morgan fingerprint density at radius 3 is 2.67 bits per heavy atom. The van der Waals surface area contributed by atoms with E-state index in [-0.39, 0.29) is 5.91 Å². The third kappa shape index (κ3) is 2.71. The summed E-state index contributed by atoms with van der Waals surface area (Å²) in [5.74, 6) is 0.134. The van der Waals surface area contributed by atoms with E-state index in [0.29, 0.717) is 22.8 Å². The molecule has 2 fully saturated rings. The van der Waals surface area contributed by atoms with Crippen molar-refractivity contribution >= 4 is 17.5 Å². The number of carbonyl (C=O) groups is 1. The Morgan fingerprint density at radius 1 is 1.29 bits per heavy atom. The number of halogens is 1. The average Bonchev–Trinajstić information content (AvgIpc) is 3.15. The molecule has 1 aromatic heterocycles. The summed E-state index contributed by atoms with van der Waals surface area (Å²) in [5, 5.41) is 0.632. The first-order valence-corrected chi connectivity index (χ1v) is 8.36. The van der Waals surface area contributed by atoms with Crippen LogP contribution in [0.25, 0.3) is 0 Å². The maximum Gasteiger partial charge on any atom is 0.270 e. The van der Waals surface area contributed by atoms with Crippen LogP contribution in [-0.2, 0) is 7.05 Å². The summed E-state index contributed by atoms with van der Waals surface area (Å²) >= 11 is 6.03. The molecule has 116 valence electrons. The molecule has 0 radical (unpaired) electrons. The minimum atomic E-state index is 0.134. The Hall–Kier alpha value is -1.00. The predicted octanol–water partition coefficient (Wildman–Crippen LogP) is 2.77. The maximum atomic E-state index is 12.9. The van der Waals surface area contributed by atoms with Gasteiger partial charge in [0, 0.05) is 31.9 Å². The van der Waals surface area contributed by atoms with Crippen LogP contribution in [0.3, 0.4) is 0 Å². The molecule has 3 heterocycles. The molecule has 1 aromatic rings. The van der Waals surface area contributed by atoms with Gasteiger partial charge >= 0.3 is 0 Å². The van der Waals surface area contributed by atoms with Crippen LogP contribution >= 0.6 is 11.6 Å². The van der Waals surface area contributed by atoms with Crippen LogP contribution in [0.1, 0.15) is 43.1 Å². The van der Waals surface area contributed by atoms with E-state index in [1.807, 2.05) is 11.6 Å². The van der Waals surface area contributed by atoms with E-state index in [1.165, 1.54) is 19.4 Å². The Bertz CT molecular complexity index is 528. The highest BCUT2D eigenvalue weighted by Crippen LogP contribution is 2.31. The zero-order valence-corrected chi connectivity index (χ0v) is 13.6. The normalized spacial score (nSPS) is 26.7. The third-order valence-electron chi connectivity index (χ3n) is 5.02. The standard InChI is InChI=1S/C16H24ClN3O/c1-3-19-8-4-6-13(19)14-7-5-9-20(14)16(21)15-10-12(17)11-18(15)2/h10-11,13-14H,3-9H2,1-2H3/t13-,14-/m1/s1. The van der Waals surface area contributed by atoms with Crippen molar-refractivity contribution in [2.45, 2.75) is 44.7 Å². The monoisotopic (exact) mass is 309 g/mol. The summed E-state index contributed by atoms with van der Waals surface area (Å²) in [5.41, 5.74) is 0.702. The van der Waals surface area contributed by atoms with Crippen LogP contribution in [0.4, 0.5) is 0 Å². The molecule has 2 saturated heterocycles. The maximum absolute atomic E-state index is 12.9. The van der Waals surface area contributed by atoms with E-state index in [9.17, 15) is 4.79 Å². The lowest BCUT2D eigenvalue weighted by molar-refractivity contribution is 0.0640. The Kier molecular flexibility index (Phi) is 4.27. The van der Waals surface area contributed by atoms with Crippen LogP contribution in [0.5, 0.6) is 0 Å². The second-order valence-electron chi connectivity index (χ2n) is 6.20. The number of carbonyl (C=O) groups excluding carboxylic acids is 1. The van der Waals surface area contributed by atoms with E-state index >= 15 is 0 Å². The summed E-state index contributed by atoms with van der Waals surface area (Å²) < 4.78 is 1.84. The topological polar surface area (TPSA) is 28.5 Å². The Morgan fingerprint density at radius 2 is 2.00 bits per heavy atom. The van der Waals surface area contributed by atoms with Crippen LogP contribution in [0.15, 0.2) is 12.3 Å². The molecule has 3 rings (SSSR count). The van der Waals surface area contributed by atoms with Crippen molar-refractivity contribution in [1.82, 2.24) is 14.4 Å². The number of likely N-dealkylation sites (tertiary alicyclic amines) is 2. The number of nitrogens with zero attached hydrogens (tertiary/aromatic N) is 3. The van der Waals surface area contributed by atoms with Gasteiger partial charge in [-0.3, -0.25) is 9.69 Å². The van der Waals surface area contributed by atoms with Crippen LogP contribution in [-0.4, -0.2) is 52.0 Å². The Balaban J connectivity index is 1.80. The highest BCUT2D eigenvalue weighted by Gasteiger charge is 2.39. The molecule has 0 saturated carbocycles. The van der Waals surface area contributed by atoms with Crippen molar-refractivity contribution in [3.8, 4) is 0 Å². The number of hydrogen-bond donors (Lipinski definition) is 0. The summed E-state index contributed by atoms with van der Waals surface area (Å²) in [7, 11) is 1.89. The molecule has 2 aliphatic rings. The van der Waals surface area contributed by atoms with Gasteiger partial charge in [-0.1, -0.05) is 18.5 Å². The molecule has 0 spiro atoms. The number of aryl methyl sites for hydroxylation is 1. The largest absolute Gasteiger partial charge is 0.345 e. The van der Waals surface area contributed by atoms with Crippen LogP contribution in [0.2, 0.25) is 5.02 Å². The van der Waals surface area contributed by atoms with Crippen LogP contribution < -0.4 is 0 Å². The summed E-state index contributed by atoms with van der Waals surface area (Å²) in [4.78, 5) is 17.5. The lowest BCUT2D eigenvalue weighted by atomic mass is 10.0. The van der Waals surface area contributed by atoms with Crippen LogP contribution in [0, 0.1) is 0 Å². The zero-order chi connectivity index (χ0) is 15.0. The molecule has 21 heavy (non-hydrogen) atoms. The molecular weight excluding hydrogens is 286 g/mol. The minimum absolute atomic E-state index is 0.134. The lowest BCUT2D eigenvalue weighted by Gasteiger charge is -2.34. The van der Waals surface area contributed by atoms with Gasteiger partial charge in [0.05, 0.1) is 5.02 Å². The van der Waals surface area contributed by atoms with Crippen molar-refractivity contribution in [2.75, 3.05) is 19.6 Å². The summed E-state index contributed by atoms with van der Waals surface area (Å²) in [6.45, 7) is 5.35. The number of aromatic nitrogens is 1. The van der Waals surface area contributed by atoms with Gasteiger partial charge in [-0.2, -0.15) is 0 Å². The quantitative estimate of drug-likeness (QED) is 0.859. The minimum Gasteiger partial charge on any atom is -0.345 e. The predicted molar refractivity (Wildman–Crippen MR) is 84.8 cm³/mol. The second kappa shape index (κ2) is 6.01. The van der Waals surface area contributed by atoms with Gasteiger partial charge in [-0.15, -0.1) is 0 Å². The number of rotatable bonds is 3.